The number of hydrogen-bond acceptors (Lipinski definition) is 4. The fraction of sp³-hybridized carbons (Fsp3) is 0.154. The van der Waals surface area contributed by atoms with Crippen molar-refractivity contribution in [3.8, 4) is 0 Å². The number of ether oxygens (including phenoxy) is 1. The van der Waals surface area contributed by atoms with Gasteiger partial charge in [-0.15, -0.1) is 0 Å². The minimum Gasteiger partial charge on any atom is -0.449 e. The predicted octanol–water partition coefficient (Wildman–Crippen LogP) is 2.31. The average molecular weight is 243 g/mol. The molecule has 1 aromatic heterocycles. The third kappa shape index (κ3) is 3.04. The Balaban J connectivity index is 2.07. The highest BCUT2D eigenvalue weighted by Crippen LogP contribution is 2.10. The van der Waals surface area contributed by atoms with E-state index in [1.165, 1.54) is 6.21 Å². The van der Waals surface area contributed by atoms with E-state index in [2.05, 4.69) is 20.2 Å². The van der Waals surface area contributed by atoms with Crippen molar-refractivity contribution in [3.05, 3.63) is 42.1 Å². The zero-order valence-electron chi connectivity index (χ0n) is 9.96. The summed E-state index contributed by atoms with van der Waals surface area (Å²) in [5.74, 6) is 0. The molecule has 0 fully saturated rings. The quantitative estimate of drug-likeness (QED) is 0.664. The van der Waals surface area contributed by atoms with Crippen LogP contribution in [0.25, 0.3) is 10.9 Å². The number of hydrogen-bond donors (Lipinski definition) is 1. The molecule has 5 nitrogen and oxygen atoms in total. The Bertz CT molecular complexity index is 581. The summed E-state index contributed by atoms with van der Waals surface area (Å²) in [5.41, 5.74) is 3.81. The molecular formula is C13H13N3O2. The molecular weight excluding hydrogens is 230 g/mol. The van der Waals surface area contributed by atoms with Crippen LogP contribution in [-0.4, -0.2) is 23.9 Å². The van der Waals surface area contributed by atoms with Gasteiger partial charge in [-0.05, 0) is 19.1 Å². The van der Waals surface area contributed by atoms with E-state index in [0.29, 0.717) is 12.3 Å². The van der Waals surface area contributed by atoms with Crippen LogP contribution in [0.5, 0.6) is 0 Å². The summed E-state index contributed by atoms with van der Waals surface area (Å²) >= 11 is 0. The fourth-order valence-corrected chi connectivity index (χ4v) is 1.47. The number of carbonyl (C=O) groups excluding carboxylic acids is 1. The molecule has 92 valence electrons. The van der Waals surface area contributed by atoms with Gasteiger partial charge in [-0.1, -0.05) is 24.3 Å². The van der Waals surface area contributed by atoms with Crippen molar-refractivity contribution in [1.82, 2.24) is 10.4 Å². The second-order valence-electron chi connectivity index (χ2n) is 3.52. The average Bonchev–Trinajstić information content (AvgIpc) is 2.39. The summed E-state index contributed by atoms with van der Waals surface area (Å²) in [5, 5.41) is 4.82. The molecule has 18 heavy (non-hydrogen) atoms. The van der Waals surface area contributed by atoms with Gasteiger partial charge in [0.25, 0.3) is 0 Å². The maximum atomic E-state index is 11.0. The third-order valence-corrected chi connectivity index (χ3v) is 2.25. The third-order valence-electron chi connectivity index (χ3n) is 2.25. The number of carbonyl (C=O) groups is 1. The maximum absolute atomic E-state index is 11.0. The van der Waals surface area contributed by atoms with E-state index >= 15 is 0 Å². The van der Waals surface area contributed by atoms with Gasteiger partial charge in [0, 0.05) is 5.39 Å². The van der Waals surface area contributed by atoms with Crippen molar-refractivity contribution in [3.63, 3.8) is 0 Å². The van der Waals surface area contributed by atoms with E-state index in [1.807, 2.05) is 36.4 Å². The van der Waals surface area contributed by atoms with Crippen LogP contribution in [0.1, 0.15) is 12.6 Å². The number of hydrazone groups is 1. The Morgan fingerprint density at radius 1 is 1.39 bits per heavy atom. The van der Waals surface area contributed by atoms with E-state index in [0.717, 1.165) is 10.9 Å². The number of fused-ring (bicyclic) bond motifs is 1. The maximum Gasteiger partial charge on any atom is 0.427 e. The molecule has 1 aromatic carbocycles. The number of rotatable bonds is 3. The van der Waals surface area contributed by atoms with Crippen LogP contribution in [0.15, 0.2) is 41.5 Å². The van der Waals surface area contributed by atoms with Crippen LogP contribution in [-0.2, 0) is 4.74 Å². The first-order chi connectivity index (χ1) is 8.79. The van der Waals surface area contributed by atoms with Crippen molar-refractivity contribution < 1.29 is 9.53 Å². The lowest BCUT2D eigenvalue weighted by molar-refractivity contribution is 0.152. The molecule has 1 amide bonds. The summed E-state index contributed by atoms with van der Waals surface area (Å²) in [6, 6.07) is 11.6. The minimum absolute atomic E-state index is 0.315. The van der Waals surface area contributed by atoms with E-state index in [-0.39, 0.29) is 0 Å². The number of aromatic nitrogens is 1. The summed E-state index contributed by atoms with van der Waals surface area (Å²) in [6.45, 7) is 2.05. The molecule has 0 aliphatic heterocycles. The van der Waals surface area contributed by atoms with Crippen molar-refractivity contribution in [2.24, 2.45) is 5.10 Å². The van der Waals surface area contributed by atoms with Gasteiger partial charge in [0.2, 0.25) is 0 Å². The van der Waals surface area contributed by atoms with Gasteiger partial charge in [-0.3, -0.25) is 0 Å². The van der Waals surface area contributed by atoms with Crippen LogP contribution >= 0.6 is 0 Å². The molecule has 0 radical (unpaired) electrons. The molecule has 0 saturated carbocycles. The molecule has 2 rings (SSSR count). The highest BCUT2D eigenvalue weighted by molar-refractivity contribution is 5.85. The zero-order chi connectivity index (χ0) is 12.8. The molecule has 0 atom stereocenters. The lowest BCUT2D eigenvalue weighted by atomic mass is 10.2. The Morgan fingerprint density at radius 3 is 3.06 bits per heavy atom. The molecule has 0 spiro atoms. The topological polar surface area (TPSA) is 63.6 Å². The van der Waals surface area contributed by atoms with Gasteiger partial charge in [0.05, 0.1) is 24.0 Å². The molecule has 0 bridgehead atoms. The molecule has 0 saturated heterocycles. The first-order valence-electron chi connectivity index (χ1n) is 5.61. The van der Waals surface area contributed by atoms with Crippen LogP contribution in [0.4, 0.5) is 4.79 Å². The van der Waals surface area contributed by atoms with Gasteiger partial charge in [0.1, 0.15) is 0 Å². The number of benzene rings is 1. The summed E-state index contributed by atoms with van der Waals surface area (Å²) in [7, 11) is 0. The van der Waals surface area contributed by atoms with Gasteiger partial charge < -0.3 is 4.74 Å². The fourth-order valence-electron chi connectivity index (χ4n) is 1.47. The number of amides is 1. The second kappa shape index (κ2) is 5.77. The molecule has 0 aliphatic carbocycles. The summed E-state index contributed by atoms with van der Waals surface area (Å²) in [4.78, 5) is 15.4. The Labute approximate surface area is 104 Å². The molecule has 1 N–H and O–H groups in total. The molecule has 0 unspecified atom stereocenters. The highest BCUT2D eigenvalue weighted by atomic mass is 16.5. The lowest BCUT2D eigenvalue weighted by Crippen LogP contribution is -2.18. The van der Waals surface area contributed by atoms with Crippen molar-refractivity contribution in [1.29, 1.82) is 0 Å². The molecule has 5 heteroatoms. The van der Waals surface area contributed by atoms with Gasteiger partial charge in [-0.25, -0.2) is 15.2 Å². The van der Waals surface area contributed by atoms with Gasteiger partial charge >= 0.3 is 6.09 Å². The number of nitrogens with zero attached hydrogens (tertiary/aromatic N) is 2. The number of pyridine rings is 1. The monoisotopic (exact) mass is 243 g/mol. The Kier molecular flexibility index (Phi) is 3.86. The van der Waals surface area contributed by atoms with Crippen molar-refractivity contribution in [2.75, 3.05) is 6.61 Å². The van der Waals surface area contributed by atoms with Crippen LogP contribution in [0.2, 0.25) is 0 Å². The minimum atomic E-state index is -0.575. The second-order valence-corrected chi connectivity index (χ2v) is 3.52. The smallest absolute Gasteiger partial charge is 0.427 e. The number of para-hydroxylation sites is 1. The van der Waals surface area contributed by atoms with Gasteiger partial charge in [-0.2, -0.15) is 5.10 Å². The first kappa shape index (κ1) is 12.0. The van der Waals surface area contributed by atoms with E-state index in [1.54, 1.807) is 6.92 Å². The molecule has 2 aromatic rings. The lowest BCUT2D eigenvalue weighted by Gasteiger charge is -1.99. The van der Waals surface area contributed by atoms with E-state index < -0.39 is 6.09 Å². The normalized spacial score (nSPS) is 10.7. The van der Waals surface area contributed by atoms with Crippen LogP contribution in [0.3, 0.4) is 0 Å². The van der Waals surface area contributed by atoms with Crippen molar-refractivity contribution >= 4 is 23.2 Å². The summed E-state index contributed by atoms with van der Waals surface area (Å²) < 4.78 is 4.67. The Hall–Kier alpha value is -2.43. The van der Waals surface area contributed by atoms with Gasteiger partial charge in [0.15, 0.2) is 0 Å². The number of nitrogens with one attached hydrogen (secondary N) is 1. The van der Waals surface area contributed by atoms with E-state index in [9.17, 15) is 4.79 Å². The molecule has 1 heterocycles. The van der Waals surface area contributed by atoms with Crippen molar-refractivity contribution in [2.45, 2.75) is 6.92 Å². The zero-order valence-corrected chi connectivity index (χ0v) is 9.96. The highest BCUT2D eigenvalue weighted by Gasteiger charge is 1.97. The first-order valence-corrected chi connectivity index (χ1v) is 5.61. The Morgan fingerprint density at radius 2 is 2.22 bits per heavy atom. The standard InChI is InChI=1S/C13H13N3O2/c1-2-18-13(17)16-14-9-11-8-7-10-5-3-4-6-12(10)15-11/h3-9H,2H2,1H3,(H,16,17). The van der Waals surface area contributed by atoms with E-state index in [4.69, 9.17) is 0 Å². The molecule has 0 aliphatic rings. The largest absolute Gasteiger partial charge is 0.449 e. The van der Waals surface area contributed by atoms with Crippen LogP contribution in [0, 0.1) is 0 Å². The van der Waals surface area contributed by atoms with Crippen LogP contribution < -0.4 is 5.43 Å². The SMILES string of the molecule is CCOC(=O)NN=Cc1ccc2ccccc2n1. The summed E-state index contributed by atoms with van der Waals surface area (Å²) in [6.07, 6.45) is 0.901. The predicted molar refractivity (Wildman–Crippen MR) is 69.5 cm³/mol.